The normalized spacial score (nSPS) is 10.3. The second-order valence-corrected chi connectivity index (χ2v) is 4.04. The number of nitrogens with zero attached hydrogens (tertiary/aromatic N) is 1. The molecule has 1 aromatic heterocycles. The Balaban J connectivity index is 2.09. The summed E-state index contributed by atoms with van der Waals surface area (Å²) in [6, 6.07) is 9.74. The average molecular weight is 252 g/mol. The number of hydrogen-bond acceptors (Lipinski definition) is 2. The minimum Gasteiger partial charge on any atom is -0.487 e. The highest BCUT2D eigenvalue weighted by atomic mass is 35.5. The fraction of sp³-hybridized carbons (Fsp3) is 0.154. The molecule has 0 spiro atoms. The van der Waals surface area contributed by atoms with Crippen LogP contribution in [-0.2, 0) is 6.61 Å². The maximum absolute atomic E-state index is 13.0. The van der Waals surface area contributed by atoms with Crippen molar-refractivity contribution in [2.45, 2.75) is 13.5 Å². The molecule has 4 heteroatoms. The Labute approximate surface area is 104 Å². The lowest BCUT2D eigenvalue weighted by atomic mass is 10.2. The van der Waals surface area contributed by atoms with Gasteiger partial charge >= 0.3 is 0 Å². The van der Waals surface area contributed by atoms with Gasteiger partial charge in [0.1, 0.15) is 23.3 Å². The van der Waals surface area contributed by atoms with E-state index < -0.39 is 0 Å². The molecule has 0 N–H and O–H groups in total. The van der Waals surface area contributed by atoms with Crippen LogP contribution in [0.5, 0.6) is 5.75 Å². The summed E-state index contributed by atoms with van der Waals surface area (Å²) in [5.41, 5.74) is 1.59. The van der Waals surface area contributed by atoms with Gasteiger partial charge in [0.05, 0.1) is 5.69 Å². The van der Waals surface area contributed by atoms with E-state index in [1.54, 1.807) is 24.3 Å². The quantitative estimate of drug-likeness (QED) is 0.775. The van der Waals surface area contributed by atoms with Crippen LogP contribution in [0.1, 0.15) is 11.3 Å². The molecule has 1 heterocycles. The number of ether oxygens (including phenoxy) is 1. The molecule has 2 aromatic rings. The zero-order chi connectivity index (χ0) is 12.3. The van der Waals surface area contributed by atoms with E-state index in [9.17, 15) is 4.39 Å². The van der Waals surface area contributed by atoms with Crippen LogP contribution in [0, 0.1) is 12.7 Å². The number of rotatable bonds is 3. The standard InChI is InChI=1S/C13H11ClFNO/c1-9-5-6-10(15)7-12(9)17-8-11-3-2-4-13(14)16-11/h2-7H,8H2,1H3. The van der Waals surface area contributed by atoms with Gasteiger partial charge in [0.15, 0.2) is 0 Å². The van der Waals surface area contributed by atoms with Crippen LogP contribution in [0.3, 0.4) is 0 Å². The number of halogens is 2. The first kappa shape index (κ1) is 11.9. The molecule has 0 radical (unpaired) electrons. The molecule has 0 fully saturated rings. The number of aryl methyl sites for hydroxylation is 1. The molecular weight excluding hydrogens is 241 g/mol. The molecule has 0 amide bonds. The third kappa shape index (κ3) is 3.17. The molecule has 0 bridgehead atoms. The van der Waals surface area contributed by atoms with Crippen LogP contribution in [0.4, 0.5) is 4.39 Å². The fourth-order valence-electron chi connectivity index (χ4n) is 1.41. The lowest BCUT2D eigenvalue weighted by Crippen LogP contribution is -1.99. The van der Waals surface area contributed by atoms with E-state index in [-0.39, 0.29) is 12.4 Å². The molecule has 2 nitrogen and oxygen atoms in total. The van der Waals surface area contributed by atoms with Crippen molar-refractivity contribution in [2.75, 3.05) is 0 Å². The van der Waals surface area contributed by atoms with Gasteiger partial charge in [-0.05, 0) is 30.7 Å². The molecule has 17 heavy (non-hydrogen) atoms. The molecule has 0 aliphatic heterocycles. The third-order valence-corrected chi connectivity index (χ3v) is 2.51. The Bertz CT molecular complexity index is 531. The average Bonchev–Trinajstić information content (AvgIpc) is 2.30. The predicted octanol–water partition coefficient (Wildman–Crippen LogP) is 3.76. The zero-order valence-corrected chi connectivity index (χ0v) is 10.0. The van der Waals surface area contributed by atoms with E-state index >= 15 is 0 Å². The first-order valence-electron chi connectivity index (χ1n) is 5.15. The summed E-state index contributed by atoms with van der Waals surface area (Å²) in [6.07, 6.45) is 0. The van der Waals surface area contributed by atoms with Gasteiger partial charge in [-0.15, -0.1) is 0 Å². The van der Waals surface area contributed by atoms with Gasteiger partial charge in [0.25, 0.3) is 0 Å². The summed E-state index contributed by atoms with van der Waals surface area (Å²) in [4.78, 5) is 4.09. The molecular formula is C13H11ClFNO. The Morgan fingerprint density at radius 2 is 2.12 bits per heavy atom. The maximum atomic E-state index is 13.0. The van der Waals surface area contributed by atoms with Crippen LogP contribution >= 0.6 is 11.6 Å². The van der Waals surface area contributed by atoms with Crippen molar-refractivity contribution in [1.82, 2.24) is 4.98 Å². The minimum atomic E-state index is -0.315. The molecule has 0 saturated heterocycles. The van der Waals surface area contributed by atoms with Gasteiger partial charge in [-0.2, -0.15) is 0 Å². The number of aromatic nitrogens is 1. The van der Waals surface area contributed by atoms with Gasteiger partial charge in [-0.1, -0.05) is 23.7 Å². The Kier molecular flexibility index (Phi) is 3.59. The first-order chi connectivity index (χ1) is 8.15. The van der Waals surface area contributed by atoms with Gasteiger partial charge in [-0.25, -0.2) is 9.37 Å². The highest BCUT2D eigenvalue weighted by Crippen LogP contribution is 2.20. The Morgan fingerprint density at radius 3 is 2.88 bits per heavy atom. The molecule has 88 valence electrons. The van der Waals surface area contributed by atoms with Crippen molar-refractivity contribution < 1.29 is 9.13 Å². The predicted molar refractivity (Wildman–Crippen MR) is 64.7 cm³/mol. The molecule has 0 aliphatic carbocycles. The minimum absolute atomic E-state index is 0.269. The van der Waals surface area contributed by atoms with Gasteiger partial charge < -0.3 is 4.74 Å². The van der Waals surface area contributed by atoms with E-state index in [0.717, 1.165) is 5.56 Å². The molecule has 0 atom stereocenters. The number of hydrogen-bond donors (Lipinski definition) is 0. The third-order valence-electron chi connectivity index (χ3n) is 2.30. The largest absolute Gasteiger partial charge is 0.487 e. The summed E-state index contributed by atoms with van der Waals surface area (Å²) in [5.74, 6) is 0.205. The van der Waals surface area contributed by atoms with Crippen molar-refractivity contribution >= 4 is 11.6 Å². The van der Waals surface area contributed by atoms with E-state index in [1.807, 2.05) is 6.92 Å². The first-order valence-corrected chi connectivity index (χ1v) is 5.53. The molecule has 0 unspecified atom stereocenters. The highest BCUT2D eigenvalue weighted by Gasteiger charge is 2.03. The van der Waals surface area contributed by atoms with Gasteiger partial charge in [-0.3, -0.25) is 0 Å². The summed E-state index contributed by atoms with van der Waals surface area (Å²) >= 11 is 5.76. The van der Waals surface area contributed by atoms with Crippen molar-refractivity contribution in [1.29, 1.82) is 0 Å². The molecule has 0 aliphatic rings. The number of pyridine rings is 1. The van der Waals surface area contributed by atoms with Crippen LogP contribution in [0.25, 0.3) is 0 Å². The zero-order valence-electron chi connectivity index (χ0n) is 9.28. The van der Waals surface area contributed by atoms with Gasteiger partial charge in [0, 0.05) is 6.07 Å². The van der Waals surface area contributed by atoms with Crippen molar-refractivity contribution in [3.63, 3.8) is 0 Å². The molecule has 1 aromatic carbocycles. The summed E-state index contributed by atoms with van der Waals surface area (Å²) in [7, 11) is 0. The Hall–Kier alpha value is -1.61. The summed E-state index contributed by atoms with van der Waals surface area (Å²) < 4.78 is 18.5. The summed E-state index contributed by atoms with van der Waals surface area (Å²) in [5, 5.41) is 0.419. The van der Waals surface area contributed by atoms with Crippen LogP contribution < -0.4 is 4.74 Å². The lowest BCUT2D eigenvalue weighted by Gasteiger charge is -2.08. The maximum Gasteiger partial charge on any atom is 0.130 e. The smallest absolute Gasteiger partial charge is 0.130 e. The monoisotopic (exact) mass is 251 g/mol. The van der Waals surface area contributed by atoms with E-state index in [4.69, 9.17) is 16.3 Å². The summed E-state index contributed by atoms with van der Waals surface area (Å²) in [6.45, 7) is 2.13. The van der Waals surface area contributed by atoms with E-state index in [2.05, 4.69) is 4.98 Å². The topological polar surface area (TPSA) is 22.1 Å². The second-order valence-electron chi connectivity index (χ2n) is 3.65. The van der Waals surface area contributed by atoms with E-state index in [0.29, 0.717) is 16.6 Å². The van der Waals surface area contributed by atoms with Crippen molar-refractivity contribution in [2.24, 2.45) is 0 Å². The SMILES string of the molecule is Cc1ccc(F)cc1OCc1cccc(Cl)n1. The van der Waals surface area contributed by atoms with Crippen LogP contribution in [-0.4, -0.2) is 4.98 Å². The van der Waals surface area contributed by atoms with E-state index in [1.165, 1.54) is 12.1 Å². The molecule has 0 saturated carbocycles. The van der Waals surface area contributed by atoms with Crippen molar-refractivity contribution in [3.8, 4) is 5.75 Å². The van der Waals surface area contributed by atoms with Crippen molar-refractivity contribution in [3.05, 3.63) is 58.6 Å². The number of benzene rings is 1. The second kappa shape index (κ2) is 5.15. The Morgan fingerprint density at radius 1 is 1.29 bits per heavy atom. The molecule has 2 rings (SSSR count). The fourth-order valence-corrected chi connectivity index (χ4v) is 1.59. The lowest BCUT2D eigenvalue weighted by molar-refractivity contribution is 0.297. The van der Waals surface area contributed by atoms with Crippen LogP contribution in [0.2, 0.25) is 5.15 Å². The van der Waals surface area contributed by atoms with Gasteiger partial charge in [0.2, 0.25) is 0 Å². The highest BCUT2D eigenvalue weighted by molar-refractivity contribution is 6.29. The van der Waals surface area contributed by atoms with Crippen LogP contribution in [0.15, 0.2) is 36.4 Å².